The Morgan fingerprint density at radius 3 is 2.74 bits per heavy atom. The number of nitrogens with zero attached hydrogens (tertiary/aromatic N) is 2. The molecular weight excluding hydrogens is 352 g/mol. The quantitative estimate of drug-likeness (QED) is 0.400. The van der Waals surface area contributed by atoms with Crippen molar-refractivity contribution in [3.63, 3.8) is 0 Å². The summed E-state index contributed by atoms with van der Waals surface area (Å²) in [5, 5.41) is 1.77. The summed E-state index contributed by atoms with van der Waals surface area (Å²) in [5.74, 6) is 0.195. The van der Waals surface area contributed by atoms with Gasteiger partial charge in [0.2, 0.25) is 0 Å². The minimum Gasteiger partial charge on any atom is -0.293 e. The maximum atomic E-state index is 12.3. The van der Waals surface area contributed by atoms with Crippen molar-refractivity contribution in [2.45, 2.75) is 12.1 Å². The molecule has 0 bridgehead atoms. The van der Waals surface area contributed by atoms with E-state index in [0.717, 1.165) is 4.88 Å². The first-order valence-corrected chi connectivity index (χ1v) is 9.02. The first kappa shape index (κ1) is 16.2. The molecule has 0 amide bonds. The Balaban J connectivity index is 1.84. The molecule has 23 heavy (non-hydrogen) atoms. The molecule has 0 N–H and O–H groups in total. The van der Waals surface area contributed by atoms with E-state index in [1.165, 1.54) is 27.7 Å². The van der Waals surface area contributed by atoms with Crippen LogP contribution in [0.3, 0.4) is 0 Å². The lowest BCUT2D eigenvalue weighted by Gasteiger charge is -2.06. The van der Waals surface area contributed by atoms with E-state index in [1.807, 2.05) is 13.0 Å². The molecule has 4 nitrogen and oxygen atoms in total. The number of rotatable bonds is 4. The summed E-state index contributed by atoms with van der Waals surface area (Å²) in [6.45, 7) is 1.95. The Morgan fingerprint density at radius 1 is 1.35 bits per heavy atom. The second kappa shape index (κ2) is 6.47. The molecule has 2 heterocycles. The molecule has 0 fully saturated rings. The highest BCUT2D eigenvalue weighted by atomic mass is 35.5. The number of aromatic nitrogens is 2. The Bertz CT molecular complexity index is 945. The van der Waals surface area contributed by atoms with Crippen molar-refractivity contribution in [3.05, 3.63) is 56.1 Å². The summed E-state index contributed by atoms with van der Waals surface area (Å²) in [7, 11) is 1.68. The van der Waals surface area contributed by atoms with Gasteiger partial charge in [-0.25, -0.2) is 4.98 Å². The number of Topliss-reactive ketones (excluding diaryl/α,β-unsaturated/α-hetero) is 1. The van der Waals surface area contributed by atoms with Crippen molar-refractivity contribution in [2.75, 3.05) is 5.75 Å². The molecule has 3 aromatic rings. The van der Waals surface area contributed by atoms with Crippen LogP contribution >= 0.6 is 34.7 Å². The standard InChI is InChI=1S/C16H13ClN2O2S2/c1-9-7-12-14(23-9)18-16(19(2)15(12)21)22-8-13(20)10-3-5-11(17)6-4-10/h3-7H,8H2,1-2H3. The molecule has 0 saturated heterocycles. The molecule has 0 saturated carbocycles. The lowest BCUT2D eigenvalue weighted by Crippen LogP contribution is -2.19. The van der Waals surface area contributed by atoms with Crippen LogP contribution in [0.5, 0.6) is 0 Å². The average Bonchev–Trinajstić information content (AvgIpc) is 2.90. The molecule has 0 aliphatic carbocycles. The summed E-state index contributed by atoms with van der Waals surface area (Å²) in [5.41, 5.74) is 0.515. The summed E-state index contributed by atoms with van der Waals surface area (Å²) in [6, 6.07) is 8.62. The lowest BCUT2D eigenvalue weighted by atomic mass is 10.1. The number of benzene rings is 1. The van der Waals surface area contributed by atoms with E-state index >= 15 is 0 Å². The monoisotopic (exact) mass is 364 g/mol. The first-order valence-electron chi connectivity index (χ1n) is 6.84. The van der Waals surface area contributed by atoms with Crippen molar-refractivity contribution >= 4 is 50.7 Å². The van der Waals surface area contributed by atoms with Gasteiger partial charge in [0.1, 0.15) is 4.83 Å². The van der Waals surface area contributed by atoms with Crippen molar-refractivity contribution in [1.29, 1.82) is 0 Å². The van der Waals surface area contributed by atoms with Gasteiger partial charge in [0, 0.05) is 22.5 Å². The number of thiophene rings is 1. The van der Waals surface area contributed by atoms with E-state index in [1.54, 1.807) is 31.3 Å². The molecule has 7 heteroatoms. The van der Waals surface area contributed by atoms with E-state index in [0.29, 0.717) is 26.0 Å². The van der Waals surface area contributed by atoms with Gasteiger partial charge < -0.3 is 0 Å². The number of hydrogen-bond acceptors (Lipinski definition) is 5. The second-order valence-electron chi connectivity index (χ2n) is 5.05. The molecule has 0 spiro atoms. The average molecular weight is 365 g/mol. The van der Waals surface area contributed by atoms with Crippen LogP contribution in [0.15, 0.2) is 40.3 Å². The van der Waals surface area contributed by atoms with Crippen LogP contribution in [0.25, 0.3) is 10.2 Å². The zero-order valence-corrected chi connectivity index (χ0v) is 14.9. The number of thioether (sulfide) groups is 1. The molecule has 0 unspecified atom stereocenters. The molecule has 0 aliphatic rings. The topological polar surface area (TPSA) is 52.0 Å². The minimum absolute atomic E-state index is 0.0247. The number of ketones is 1. The van der Waals surface area contributed by atoms with Gasteiger partial charge in [0.05, 0.1) is 11.1 Å². The van der Waals surface area contributed by atoms with Gasteiger partial charge in [-0.05, 0) is 37.3 Å². The largest absolute Gasteiger partial charge is 0.293 e. The predicted molar refractivity (Wildman–Crippen MR) is 96.1 cm³/mol. The van der Waals surface area contributed by atoms with Crippen LogP contribution in [0.4, 0.5) is 0 Å². The summed E-state index contributed by atoms with van der Waals surface area (Å²) in [4.78, 5) is 30.8. The van der Waals surface area contributed by atoms with Crippen molar-refractivity contribution < 1.29 is 4.79 Å². The zero-order valence-electron chi connectivity index (χ0n) is 12.5. The number of halogens is 1. The SMILES string of the molecule is Cc1cc2c(=O)n(C)c(SCC(=O)c3ccc(Cl)cc3)nc2s1. The number of fused-ring (bicyclic) bond motifs is 1. The van der Waals surface area contributed by atoms with Crippen molar-refractivity contribution in [3.8, 4) is 0 Å². The Labute approximate surface area is 146 Å². The number of hydrogen-bond donors (Lipinski definition) is 0. The number of carbonyl (C=O) groups is 1. The Morgan fingerprint density at radius 2 is 2.04 bits per heavy atom. The smallest absolute Gasteiger partial charge is 0.262 e. The number of carbonyl (C=O) groups excluding carboxylic acids is 1. The maximum absolute atomic E-state index is 12.3. The van der Waals surface area contributed by atoms with E-state index in [-0.39, 0.29) is 17.1 Å². The third-order valence-electron chi connectivity index (χ3n) is 3.35. The normalized spacial score (nSPS) is 11.1. The lowest BCUT2D eigenvalue weighted by molar-refractivity contribution is 0.102. The summed E-state index contributed by atoms with van der Waals surface area (Å²) >= 11 is 8.57. The molecule has 0 atom stereocenters. The van der Waals surface area contributed by atoms with Crippen molar-refractivity contribution in [2.24, 2.45) is 7.05 Å². The third kappa shape index (κ3) is 3.34. The molecule has 1 aromatic carbocycles. The van der Waals surface area contributed by atoms with Crippen LogP contribution < -0.4 is 5.56 Å². The van der Waals surface area contributed by atoms with Crippen LogP contribution in [0.2, 0.25) is 5.02 Å². The summed E-state index contributed by atoms with van der Waals surface area (Å²) in [6.07, 6.45) is 0. The van der Waals surface area contributed by atoms with E-state index in [4.69, 9.17) is 11.6 Å². The van der Waals surface area contributed by atoms with Crippen LogP contribution in [0, 0.1) is 6.92 Å². The van der Waals surface area contributed by atoms with Gasteiger partial charge in [-0.3, -0.25) is 14.2 Å². The minimum atomic E-state index is -0.0826. The molecule has 0 aliphatic heterocycles. The highest BCUT2D eigenvalue weighted by Crippen LogP contribution is 2.24. The highest BCUT2D eigenvalue weighted by Gasteiger charge is 2.13. The molecule has 2 aromatic heterocycles. The van der Waals surface area contributed by atoms with Gasteiger partial charge in [-0.15, -0.1) is 11.3 Å². The van der Waals surface area contributed by atoms with E-state index in [9.17, 15) is 9.59 Å². The molecule has 3 rings (SSSR count). The second-order valence-corrected chi connectivity index (χ2v) is 7.67. The van der Waals surface area contributed by atoms with Gasteiger partial charge in [0.25, 0.3) is 5.56 Å². The molecule has 118 valence electrons. The van der Waals surface area contributed by atoms with Gasteiger partial charge in [0.15, 0.2) is 10.9 Å². The fraction of sp³-hybridized carbons (Fsp3) is 0.188. The molecular formula is C16H13ClN2O2S2. The Hall–Kier alpha value is -1.63. The van der Waals surface area contributed by atoms with E-state index in [2.05, 4.69) is 4.98 Å². The fourth-order valence-corrected chi connectivity index (χ4v) is 4.06. The first-order chi connectivity index (χ1) is 11.0. The third-order valence-corrected chi connectivity index (χ3v) is 5.58. The van der Waals surface area contributed by atoms with Crippen LogP contribution in [-0.2, 0) is 7.05 Å². The van der Waals surface area contributed by atoms with E-state index < -0.39 is 0 Å². The molecule has 0 radical (unpaired) electrons. The zero-order chi connectivity index (χ0) is 16.6. The Kier molecular flexibility index (Phi) is 4.57. The van der Waals surface area contributed by atoms with Crippen molar-refractivity contribution in [1.82, 2.24) is 9.55 Å². The van der Waals surface area contributed by atoms with Gasteiger partial charge in [-0.2, -0.15) is 0 Å². The van der Waals surface area contributed by atoms with Crippen LogP contribution in [-0.4, -0.2) is 21.1 Å². The highest BCUT2D eigenvalue weighted by molar-refractivity contribution is 7.99. The predicted octanol–water partition coefficient (Wildman–Crippen LogP) is 3.93. The fourth-order valence-electron chi connectivity index (χ4n) is 2.15. The van der Waals surface area contributed by atoms with Gasteiger partial charge >= 0.3 is 0 Å². The van der Waals surface area contributed by atoms with Crippen LogP contribution in [0.1, 0.15) is 15.2 Å². The van der Waals surface area contributed by atoms with Gasteiger partial charge in [-0.1, -0.05) is 23.4 Å². The summed E-state index contributed by atoms with van der Waals surface area (Å²) < 4.78 is 1.49. The number of aryl methyl sites for hydroxylation is 1. The maximum Gasteiger partial charge on any atom is 0.262 e.